The SMILES string of the molecule is CCCCC(CC)C[Si]1(c2ccccc2)c2cc(C)sc2-c2sc(-c3sc(C)c4c3C(=O)N(CCCCc3ccccc3)C4=O)cc21.CCCCCC[Si]1(CC(CC)CCCC)c2cc(C)sc2-c2sc(-c3sc(C)c4c3C(=O)N(CCCCc3ccccc3)C4=O)cc21. The zero-order valence-electron chi connectivity index (χ0n) is 56.9. The number of nitrogens with zero attached hydrogens (tertiary/aromatic N) is 2. The van der Waals surface area contributed by atoms with Gasteiger partial charge in [-0.2, -0.15) is 0 Å². The third-order valence-electron chi connectivity index (χ3n) is 20.9. The molecule has 4 aliphatic heterocycles. The Morgan fingerprint density at radius 1 is 0.394 bits per heavy atom. The summed E-state index contributed by atoms with van der Waals surface area (Å²) in [4.78, 5) is 73.4. The van der Waals surface area contributed by atoms with Gasteiger partial charge in [-0.1, -0.05) is 203 Å². The van der Waals surface area contributed by atoms with Gasteiger partial charge in [-0.25, -0.2) is 0 Å². The van der Waals surface area contributed by atoms with Gasteiger partial charge in [0.2, 0.25) is 0 Å². The summed E-state index contributed by atoms with van der Waals surface area (Å²) >= 11 is 11.0. The van der Waals surface area contributed by atoms with Gasteiger partial charge >= 0.3 is 0 Å². The first kappa shape index (κ1) is 68.5. The van der Waals surface area contributed by atoms with Gasteiger partial charge in [-0.3, -0.25) is 29.0 Å². The van der Waals surface area contributed by atoms with Gasteiger partial charge in [-0.05, 0) is 158 Å². The van der Waals surface area contributed by atoms with Crippen LogP contribution in [0.15, 0.2) is 115 Å². The van der Waals surface area contributed by atoms with Gasteiger partial charge in [0.05, 0.1) is 32.0 Å². The third-order valence-corrected chi connectivity index (χ3v) is 39.4. The van der Waals surface area contributed by atoms with Crippen LogP contribution in [0, 0.1) is 39.5 Å². The molecular weight excluding hydrogens is 1300 g/mol. The molecule has 4 unspecified atom stereocenters. The molecule has 0 aliphatic carbocycles. The van der Waals surface area contributed by atoms with Gasteiger partial charge in [0.15, 0.2) is 8.07 Å². The minimum Gasteiger partial charge on any atom is -0.274 e. The van der Waals surface area contributed by atoms with Crippen LogP contribution in [-0.2, 0) is 12.8 Å². The van der Waals surface area contributed by atoms with Gasteiger partial charge in [0.25, 0.3) is 23.6 Å². The minimum atomic E-state index is -2.32. The van der Waals surface area contributed by atoms with E-state index in [1.807, 2.05) is 71.3 Å². The number of benzene rings is 3. The predicted octanol–water partition coefficient (Wildman–Crippen LogP) is 20.6. The highest BCUT2D eigenvalue weighted by Gasteiger charge is 2.52. The minimum absolute atomic E-state index is 0.0843. The van der Waals surface area contributed by atoms with Crippen molar-refractivity contribution < 1.29 is 19.2 Å². The summed E-state index contributed by atoms with van der Waals surface area (Å²) in [7, 11) is -4.32. The molecule has 0 saturated heterocycles. The smallest absolute Gasteiger partial charge is 0.263 e. The fourth-order valence-electron chi connectivity index (χ4n) is 16.0. The van der Waals surface area contributed by atoms with Crippen LogP contribution in [0.5, 0.6) is 0 Å². The second-order valence-corrected chi connectivity index (χ2v) is 42.3. The molecule has 4 aliphatic rings. The fourth-order valence-corrected chi connectivity index (χ4v) is 37.7. The van der Waals surface area contributed by atoms with E-state index in [-0.39, 0.29) is 23.6 Å². The van der Waals surface area contributed by atoms with E-state index in [0.717, 1.165) is 68.8 Å². The standard InChI is InChI=1S/C40H43NO2S3Si.C40H51NO2S3Si/c1-5-7-16-28(6-2)25-47(30-20-12-9-13-21-30)32-23-26(3)44-37(32)38-33(47)24-31(46-38)36-35-34(27(4)45-36)39(42)41(40(35)43)22-15-14-19-29-17-10-8-11-18-29;1-6-9-11-17-23-47(26-29(8-3)18-10-7-2)32-24-27(4)44-37(32)38-33(47)25-31(46-38)36-35-34(28(5)45-36)39(42)41(40(35)43)22-16-15-21-30-19-13-12-14-20-30/h8-13,17-18,20-21,23-24,28H,5-7,14-16,19,22,25H2,1-4H3;12-14,19-20,24-25,29H,6-11,15-18,21-23,26H2,1-5H3. The molecule has 0 saturated carbocycles. The normalized spacial score (nSPS) is 17.4. The fraction of sp³-hybridized carbons (Fsp3) is 0.425. The van der Waals surface area contributed by atoms with Crippen molar-refractivity contribution in [3.63, 3.8) is 0 Å². The molecule has 13 rings (SSSR count). The molecule has 0 radical (unpaired) electrons. The maximum Gasteiger partial charge on any atom is 0.263 e. The molecule has 10 heterocycles. The van der Waals surface area contributed by atoms with E-state index in [1.54, 1.807) is 38.2 Å². The highest BCUT2D eigenvalue weighted by Crippen LogP contribution is 2.52. The zero-order valence-corrected chi connectivity index (χ0v) is 63.8. The Balaban J connectivity index is 0.000000180. The van der Waals surface area contributed by atoms with Gasteiger partial charge < -0.3 is 0 Å². The highest BCUT2D eigenvalue weighted by atomic mass is 32.1. The van der Waals surface area contributed by atoms with Gasteiger partial charge in [0, 0.05) is 61.9 Å². The van der Waals surface area contributed by atoms with Crippen LogP contribution < -0.4 is 25.9 Å². The van der Waals surface area contributed by atoms with Crippen LogP contribution in [0.2, 0.25) is 18.1 Å². The quantitative estimate of drug-likeness (QED) is 0.0255. The molecular formula is C80H94N2O4S6Si2. The van der Waals surface area contributed by atoms with Gasteiger partial charge in [-0.15, -0.1) is 68.0 Å². The molecule has 3 aromatic carbocycles. The Bertz CT molecular complexity index is 4170. The molecule has 9 aromatic rings. The third kappa shape index (κ3) is 13.1. The second kappa shape index (κ2) is 30.1. The molecule has 6 nitrogen and oxygen atoms in total. The summed E-state index contributed by atoms with van der Waals surface area (Å²) in [6, 6.07) is 46.2. The van der Waals surface area contributed by atoms with E-state index in [2.05, 4.69) is 152 Å². The molecule has 0 bridgehead atoms. The lowest BCUT2D eigenvalue weighted by Gasteiger charge is -2.33. The number of aryl methyl sites for hydroxylation is 6. The Morgan fingerprint density at radius 3 is 1.31 bits per heavy atom. The van der Waals surface area contributed by atoms with E-state index in [1.165, 1.54) is 161 Å². The van der Waals surface area contributed by atoms with Crippen LogP contribution >= 0.6 is 68.0 Å². The van der Waals surface area contributed by atoms with E-state index in [0.29, 0.717) is 41.3 Å². The molecule has 4 atom stereocenters. The van der Waals surface area contributed by atoms with Crippen molar-refractivity contribution in [3.8, 4) is 39.0 Å². The number of hydrogen-bond acceptors (Lipinski definition) is 10. The Kier molecular flexibility index (Phi) is 22.0. The average Bonchev–Trinajstić information content (AvgIpc) is 1.54. The lowest BCUT2D eigenvalue weighted by molar-refractivity contribution is 0.0636. The van der Waals surface area contributed by atoms with Gasteiger partial charge in [0.1, 0.15) is 8.07 Å². The van der Waals surface area contributed by atoms with E-state index < -0.39 is 16.1 Å². The lowest BCUT2D eigenvalue weighted by atomic mass is 10.0. The number of fused-ring (bicyclic) bond motifs is 8. The summed E-state index contributed by atoms with van der Waals surface area (Å²) in [5.74, 6) is 1.04. The average molecular weight is 1400 g/mol. The Hall–Kier alpha value is -5.43. The number of thiophene rings is 6. The Morgan fingerprint density at radius 2 is 0.809 bits per heavy atom. The molecule has 4 amide bonds. The largest absolute Gasteiger partial charge is 0.274 e. The lowest BCUT2D eigenvalue weighted by Crippen LogP contribution is -2.65. The van der Waals surface area contributed by atoms with E-state index in [9.17, 15) is 19.2 Å². The zero-order chi connectivity index (χ0) is 65.8. The summed E-state index contributed by atoms with van der Waals surface area (Å²) in [6.45, 7) is 21.3. The van der Waals surface area contributed by atoms with Crippen LogP contribution in [0.1, 0.15) is 209 Å². The molecule has 94 heavy (non-hydrogen) atoms. The van der Waals surface area contributed by atoms with Crippen LogP contribution in [0.3, 0.4) is 0 Å². The summed E-state index contributed by atoms with van der Waals surface area (Å²) in [5, 5.41) is 7.96. The number of imide groups is 2. The number of carbonyl (C=O) groups is 4. The summed E-state index contributed by atoms with van der Waals surface area (Å²) < 4.78 is 0. The van der Waals surface area contributed by atoms with Crippen molar-refractivity contribution in [2.45, 2.75) is 196 Å². The molecule has 492 valence electrons. The number of amides is 4. The monoisotopic (exact) mass is 1390 g/mol. The topological polar surface area (TPSA) is 74.8 Å². The number of hydrogen-bond donors (Lipinski definition) is 0. The second-order valence-electron chi connectivity index (χ2n) is 27.2. The molecule has 6 aromatic heterocycles. The van der Waals surface area contributed by atoms with E-state index in [4.69, 9.17) is 0 Å². The Labute approximate surface area is 586 Å². The van der Waals surface area contributed by atoms with Crippen LogP contribution in [0.25, 0.3) is 39.0 Å². The summed E-state index contributed by atoms with van der Waals surface area (Å²) in [6.07, 6.45) is 20.8. The van der Waals surface area contributed by atoms with Crippen LogP contribution in [0.4, 0.5) is 0 Å². The maximum absolute atomic E-state index is 14.0. The molecule has 14 heteroatoms. The van der Waals surface area contributed by atoms with Crippen LogP contribution in [-0.4, -0.2) is 62.7 Å². The van der Waals surface area contributed by atoms with E-state index >= 15 is 0 Å². The molecule has 0 spiro atoms. The number of carbonyl (C=O) groups excluding carboxylic acids is 4. The van der Waals surface area contributed by atoms with Crippen molar-refractivity contribution in [1.82, 2.24) is 9.80 Å². The highest BCUT2D eigenvalue weighted by molar-refractivity contribution is 7.34. The van der Waals surface area contributed by atoms with Crippen molar-refractivity contribution in [3.05, 3.63) is 168 Å². The van der Waals surface area contributed by atoms with Crippen molar-refractivity contribution >= 4 is 134 Å². The summed E-state index contributed by atoms with van der Waals surface area (Å²) in [5.41, 5.74) is 5.21. The molecule has 0 fully saturated rings. The first-order valence-corrected chi connectivity index (χ1v) is 44.9. The maximum atomic E-state index is 14.0. The van der Waals surface area contributed by atoms with Crippen molar-refractivity contribution in [1.29, 1.82) is 0 Å². The number of rotatable bonds is 30. The van der Waals surface area contributed by atoms with Crippen molar-refractivity contribution in [2.24, 2.45) is 11.8 Å². The predicted molar refractivity (Wildman–Crippen MR) is 412 cm³/mol. The van der Waals surface area contributed by atoms with Crippen molar-refractivity contribution in [2.75, 3.05) is 13.1 Å². The molecule has 0 N–H and O–H groups in total. The first-order valence-electron chi connectivity index (χ1n) is 35.3. The first-order chi connectivity index (χ1) is 45.7. The number of unbranched alkanes of at least 4 members (excludes halogenated alkanes) is 7.